The summed E-state index contributed by atoms with van der Waals surface area (Å²) in [6.07, 6.45) is 5.30. The Morgan fingerprint density at radius 3 is 2.65 bits per heavy atom. The zero-order valence-corrected chi connectivity index (χ0v) is 17.1. The largest absolute Gasteiger partial charge is 0.326 e. The summed E-state index contributed by atoms with van der Waals surface area (Å²) >= 11 is 3.45. The van der Waals surface area contributed by atoms with Crippen LogP contribution in [0.2, 0.25) is 0 Å². The first-order valence-corrected chi connectivity index (χ1v) is 11.5. The third-order valence-corrected chi connectivity index (χ3v) is 8.54. The van der Waals surface area contributed by atoms with Gasteiger partial charge in [-0.25, -0.2) is 8.42 Å². The van der Waals surface area contributed by atoms with Crippen LogP contribution in [-0.2, 0) is 21.2 Å². The summed E-state index contributed by atoms with van der Waals surface area (Å²) < 4.78 is 29.0. The molecule has 0 spiro atoms. The van der Waals surface area contributed by atoms with Crippen LogP contribution >= 0.6 is 15.9 Å². The lowest BCUT2D eigenvalue weighted by Gasteiger charge is -2.28. The SMILES string of the molecule is O=C1CCc2cc(Br)c(S(=O)(=O)N3CCCC3CN3CCCC3)cc2N1. The van der Waals surface area contributed by atoms with Crippen LogP contribution in [0.15, 0.2) is 21.5 Å². The van der Waals surface area contributed by atoms with Crippen molar-refractivity contribution < 1.29 is 13.2 Å². The second-order valence-corrected chi connectivity index (χ2v) is 10.1. The van der Waals surface area contributed by atoms with Crippen molar-refractivity contribution in [3.8, 4) is 0 Å². The number of amides is 1. The maximum Gasteiger partial charge on any atom is 0.244 e. The van der Waals surface area contributed by atoms with Crippen LogP contribution in [-0.4, -0.2) is 55.8 Å². The highest BCUT2D eigenvalue weighted by Gasteiger charge is 2.38. The van der Waals surface area contributed by atoms with Crippen LogP contribution in [0.3, 0.4) is 0 Å². The molecule has 0 aliphatic carbocycles. The van der Waals surface area contributed by atoms with Gasteiger partial charge >= 0.3 is 0 Å². The zero-order chi connectivity index (χ0) is 18.3. The molecular formula is C18H24BrN3O3S. The van der Waals surface area contributed by atoms with Gasteiger partial charge < -0.3 is 10.2 Å². The van der Waals surface area contributed by atoms with E-state index in [0.717, 1.165) is 38.0 Å². The summed E-state index contributed by atoms with van der Waals surface area (Å²) in [6, 6.07) is 3.50. The minimum atomic E-state index is -3.60. The van der Waals surface area contributed by atoms with E-state index >= 15 is 0 Å². The van der Waals surface area contributed by atoms with Crippen molar-refractivity contribution in [1.29, 1.82) is 0 Å². The molecule has 2 saturated heterocycles. The first-order chi connectivity index (χ1) is 12.4. The van der Waals surface area contributed by atoms with E-state index in [0.29, 0.717) is 29.5 Å². The van der Waals surface area contributed by atoms with Gasteiger partial charge in [0.15, 0.2) is 0 Å². The number of sulfonamides is 1. The Bertz CT molecular complexity index is 821. The number of halogens is 1. The molecule has 3 aliphatic rings. The van der Waals surface area contributed by atoms with Gasteiger partial charge in [0.2, 0.25) is 15.9 Å². The third-order valence-electron chi connectivity index (χ3n) is 5.63. The Labute approximate surface area is 163 Å². The summed E-state index contributed by atoms with van der Waals surface area (Å²) in [5, 5.41) is 2.81. The molecule has 0 saturated carbocycles. The number of hydrogen-bond donors (Lipinski definition) is 1. The minimum Gasteiger partial charge on any atom is -0.326 e. The second-order valence-electron chi connectivity index (χ2n) is 7.41. The summed E-state index contributed by atoms with van der Waals surface area (Å²) in [7, 11) is -3.60. The van der Waals surface area contributed by atoms with E-state index in [9.17, 15) is 13.2 Å². The summed E-state index contributed by atoms with van der Waals surface area (Å²) in [5.74, 6) is -0.0590. The highest BCUT2D eigenvalue weighted by molar-refractivity contribution is 9.10. The summed E-state index contributed by atoms with van der Waals surface area (Å²) in [6.45, 7) is 3.52. The molecular weight excluding hydrogens is 418 g/mol. The summed E-state index contributed by atoms with van der Waals surface area (Å²) in [5.41, 5.74) is 1.60. The van der Waals surface area contributed by atoms with Crippen LogP contribution in [0, 0.1) is 0 Å². The predicted molar refractivity (Wildman–Crippen MR) is 104 cm³/mol. The molecule has 1 amide bonds. The van der Waals surface area contributed by atoms with Crippen molar-refractivity contribution in [1.82, 2.24) is 9.21 Å². The number of rotatable bonds is 4. The van der Waals surface area contributed by atoms with E-state index < -0.39 is 10.0 Å². The fourth-order valence-corrected chi connectivity index (χ4v) is 7.04. The zero-order valence-electron chi connectivity index (χ0n) is 14.7. The van der Waals surface area contributed by atoms with E-state index in [1.807, 2.05) is 6.07 Å². The standard InChI is InChI=1S/C18H24BrN3O3S/c19-15-10-13-5-6-18(23)20-16(13)11-17(15)26(24,25)22-9-3-4-14(22)12-21-7-1-2-8-21/h10-11,14H,1-9,12H2,(H,20,23). The second kappa shape index (κ2) is 7.22. The van der Waals surface area contributed by atoms with E-state index in [-0.39, 0.29) is 16.8 Å². The van der Waals surface area contributed by atoms with E-state index in [4.69, 9.17) is 0 Å². The monoisotopic (exact) mass is 441 g/mol. The topological polar surface area (TPSA) is 69.7 Å². The lowest BCUT2D eigenvalue weighted by Crippen LogP contribution is -2.42. The van der Waals surface area contributed by atoms with Gasteiger partial charge in [0.05, 0.1) is 4.90 Å². The average molecular weight is 442 g/mol. The lowest BCUT2D eigenvalue weighted by molar-refractivity contribution is -0.116. The van der Waals surface area contributed by atoms with Crippen molar-refractivity contribution in [2.24, 2.45) is 0 Å². The fourth-order valence-electron chi connectivity index (χ4n) is 4.27. The van der Waals surface area contributed by atoms with Crippen LogP contribution in [0.4, 0.5) is 5.69 Å². The molecule has 1 aromatic carbocycles. The van der Waals surface area contributed by atoms with Crippen molar-refractivity contribution in [2.75, 3.05) is 31.5 Å². The van der Waals surface area contributed by atoms with Gasteiger partial charge in [-0.2, -0.15) is 4.31 Å². The first kappa shape index (κ1) is 18.4. The average Bonchev–Trinajstić information content (AvgIpc) is 3.27. The number of benzene rings is 1. The van der Waals surface area contributed by atoms with E-state index in [1.54, 1.807) is 10.4 Å². The number of nitrogens with one attached hydrogen (secondary N) is 1. The molecule has 1 unspecified atom stereocenters. The van der Waals surface area contributed by atoms with Gasteiger partial charge in [0.1, 0.15) is 0 Å². The molecule has 1 atom stereocenters. The third kappa shape index (κ3) is 3.44. The number of carbonyl (C=O) groups is 1. The quantitative estimate of drug-likeness (QED) is 0.779. The van der Waals surface area contributed by atoms with Crippen molar-refractivity contribution >= 4 is 37.5 Å². The van der Waals surface area contributed by atoms with E-state index in [1.165, 1.54) is 12.8 Å². The van der Waals surface area contributed by atoms with Gasteiger partial charge in [-0.1, -0.05) is 0 Å². The molecule has 6 nitrogen and oxygen atoms in total. The van der Waals surface area contributed by atoms with Crippen molar-refractivity contribution in [3.05, 3.63) is 22.2 Å². The molecule has 2 fully saturated rings. The van der Waals surface area contributed by atoms with Gasteiger partial charge in [0.25, 0.3) is 0 Å². The highest BCUT2D eigenvalue weighted by atomic mass is 79.9. The Morgan fingerprint density at radius 1 is 1.12 bits per heavy atom. The van der Waals surface area contributed by atoms with Gasteiger partial charge in [-0.3, -0.25) is 4.79 Å². The molecule has 3 aliphatic heterocycles. The highest BCUT2D eigenvalue weighted by Crippen LogP contribution is 2.36. The lowest BCUT2D eigenvalue weighted by atomic mass is 10.0. The normalized spacial score (nSPS) is 24.7. The molecule has 0 bridgehead atoms. The smallest absolute Gasteiger partial charge is 0.244 e. The van der Waals surface area contributed by atoms with Crippen molar-refractivity contribution in [2.45, 2.75) is 49.5 Å². The van der Waals surface area contributed by atoms with Crippen LogP contribution < -0.4 is 5.32 Å². The number of hydrogen-bond acceptors (Lipinski definition) is 4. The van der Waals surface area contributed by atoms with Crippen LogP contribution in [0.25, 0.3) is 0 Å². The number of anilines is 1. The molecule has 0 radical (unpaired) electrons. The maximum atomic E-state index is 13.4. The Kier molecular flexibility index (Phi) is 5.11. The number of carbonyl (C=O) groups excluding carboxylic acids is 1. The number of likely N-dealkylation sites (tertiary alicyclic amines) is 1. The molecule has 142 valence electrons. The Hall–Kier alpha value is -0.960. The fraction of sp³-hybridized carbons (Fsp3) is 0.611. The molecule has 8 heteroatoms. The molecule has 0 aromatic heterocycles. The Balaban J connectivity index is 1.63. The molecule has 1 N–H and O–H groups in total. The molecule has 3 heterocycles. The summed E-state index contributed by atoms with van der Waals surface area (Å²) in [4.78, 5) is 14.3. The number of nitrogens with zero attached hydrogens (tertiary/aromatic N) is 2. The van der Waals surface area contributed by atoms with E-state index in [2.05, 4.69) is 26.1 Å². The van der Waals surface area contributed by atoms with Crippen molar-refractivity contribution in [3.63, 3.8) is 0 Å². The number of aryl methyl sites for hydroxylation is 1. The van der Waals surface area contributed by atoms with Gasteiger partial charge in [-0.05, 0) is 78.8 Å². The maximum absolute atomic E-state index is 13.4. The Morgan fingerprint density at radius 2 is 1.88 bits per heavy atom. The van der Waals surface area contributed by atoms with Gasteiger partial charge in [-0.15, -0.1) is 0 Å². The number of fused-ring (bicyclic) bond motifs is 1. The molecule has 4 rings (SSSR count). The van der Waals surface area contributed by atoms with Crippen LogP contribution in [0.5, 0.6) is 0 Å². The molecule has 26 heavy (non-hydrogen) atoms. The van der Waals surface area contributed by atoms with Gasteiger partial charge in [0, 0.05) is 35.7 Å². The minimum absolute atomic E-state index is 0.0376. The first-order valence-electron chi connectivity index (χ1n) is 9.31. The van der Waals surface area contributed by atoms with Crippen LogP contribution in [0.1, 0.15) is 37.7 Å². The molecule has 1 aromatic rings. The predicted octanol–water partition coefficient (Wildman–Crippen LogP) is 2.58.